The number of carboxylic acids is 1. The fourth-order valence-corrected chi connectivity index (χ4v) is 4.11. The Kier molecular flexibility index (Phi) is 6.76. The van der Waals surface area contributed by atoms with Crippen molar-refractivity contribution in [1.82, 2.24) is 10.2 Å². The van der Waals surface area contributed by atoms with E-state index in [0.29, 0.717) is 16.6 Å². The van der Waals surface area contributed by atoms with Gasteiger partial charge in [0.05, 0.1) is 11.1 Å². The molecular formula is C20H21BrN2O7. The lowest BCUT2D eigenvalue weighted by Crippen LogP contribution is -2.57. The van der Waals surface area contributed by atoms with Gasteiger partial charge >= 0.3 is 12.0 Å². The van der Waals surface area contributed by atoms with Crippen LogP contribution in [0.1, 0.15) is 38.2 Å². The van der Waals surface area contributed by atoms with Gasteiger partial charge in [0.15, 0.2) is 18.1 Å². The highest BCUT2D eigenvalue weighted by molar-refractivity contribution is 9.10. The minimum absolute atomic E-state index is 0.157. The van der Waals surface area contributed by atoms with E-state index in [4.69, 9.17) is 14.6 Å². The SMILES string of the molecule is CCOc1cc(/C=C2\C(=O)NC(=O)N(C3CCCC3)C2=O)cc(Br)c1OCC(=O)O. The van der Waals surface area contributed by atoms with Crippen LogP contribution in [0.25, 0.3) is 6.08 Å². The Morgan fingerprint density at radius 3 is 2.60 bits per heavy atom. The van der Waals surface area contributed by atoms with Gasteiger partial charge in [-0.15, -0.1) is 0 Å². The summed E-state index contributed by atoms with van der Waals surface area (Å²) in [4.78, 5) is 49.4. The van der Waals surface area contributed by atoms with Gasteiger partial charge in [-0.05, 0) is 59.5 Å². The molecule has 0 bridgehead atoms. The average Bonchev–Trinajstić information content (AvgIpc) is 3.18. The Morgan fingerprint density at radius 2 is 1.97 bits per heavy atom. The van der Waals surface area contributed by atoms with E-state index in [2.05, 4.69) is 21.2 Å². The Morgan fingerprint density at radius 1 is 1.27 bits per heavy atom. The monoisotopic (exact) mass is 480 g/mol. The molecule has 0 radical (unpaired) electrons. The number of carbonyl (C=O) groups excluding carboxylic acids is 3. The first kappa shape index (κ1) is 21.8. The number of halogens is 1. The van der Waals surface area contributed by atoms with Crippen molar-refractivity contribution < 1.29 is 33.8 Å². The summed E-state index contributed by atoms with van der Waals surface area (Å²) in [6, 6.07) is 2.20. The van der Waals surface area contributed by atoms with Gasteiger partial charge in [-0.1, -0.05) is 12.8 Å². The van der Waals surface area contributed by atoms with Crippen LogP contribution in [0.15, 0.2) is 22.2 Å². The fourth-order valence-electron chi connectivity index (χ4n) is 3.54. The van der Waals surface area contributed by atoms with Gasteiger partial charge in [-0.3, -0.25) is 19.8 Å². The van der Waals surface area contributed by atoms with Crippen molar-refractivity contribution in [2.24, 2.45) is 0 Å². The third-order valence-electron chi connectivity index (χ3n) is 4.81. The zero-order valence-corrected chi connectivity index (χ0v) is 17.9. The smallest absolute Gasteiger partial charge is 0.341 e. The van der Waals surface area contributed by atoms with Crippen LogP contribution in [0, 0.1) is 0 Å². The summed E-state index contributed by atoms with van der Waals surface area (Å²) in [7, 11) is 0. The van der Waals surface area contributed by atoms with E-state index in [1.807, 2.05) is 0 Å². The topological polar surface area (TPSA) is 122 Å². The maximum absolute atomic E-state index is 12.9. The van der Waals surface area contributed by atoms with E-state index in [0.717, 1.165) is 30.6 Å². The lowest BCUT2D eigenvalue weighted by atomic mass is 10.0. The third kappa shape index (κ3) is 4.64. The van der Waals surface area contributed by atoms with Crippen molar-refractivity contribution in [3.63, 3.8) is 0 Å². The molecule has 1 aliphatic heterocycles. The van der Waals surface area contributed by atoms with Crippen LogP contribution in [-0.4, -0.2) is 53.1 Å². The molecule has 2 fully saturated rings. The first-order chi connectivity index (χ1) is 14.3. The number of barbiturate groups is 1. The van der Waals surface area contributed by atoms with Crippen molar-refractivity contribution >= 4 is 45.8 Å². The van der Waals surface area contributed by atoms with Crippen LogP contribution in [0.2, 0.25) is 0 Å². The minimum Gasteiger partial charge on any atom is -0.490 e. The number of ether oxygens (including phenoxy) is 2. The number of carboxylic acid groups (broad SMARTS) is 1. The molecule has 30 heavy (non-hydrogen) atoms. The highest BCUT2D eigenvalue weighted by Crippen LogP contribution is 2.38. The standard InChI is InChI=1S/C20H21BrN2O7/c1-2-29-15-9-11(8-14(21)17(15)30-10-16(24)25)7-13-18(26)22-20(28)23(19(13)27)12-5-3-4-6-12/h7-9,12H,2-6,10H2,1H3,(H,24,25)(H,22,26,28)/b13-7+. The second kappa shape index (κ2) is 9.29. The Balaban J connectivity index is 1.95. The Bertz CT molecular complexity index is 922. The summed E-state index contributed by atoms with van der Waals surface area (Å²) >= 11 is 3.31. The predicted molar refractivity (Wildman–Crippen MR) is 109 cm³/mol. The molecule has 2 aliphatic rings. The minimum atomic E-state index is -1.14. The largest absolute Gasteiger partial charge is 0.490 e. The molecule has 1 saturated carbocycles. The van der Waals surface area contributed by atoms with Gasteiger partial charge in [-0.25, -0.2) is 9.59 Å². The number of hydrogen-bond acceptors (Lipinski definition) is 6. The predicted octanol–water partition coefficient (Wildman–Crippen LogP) is 2.72. The van der Waals surface area contributed by atoms with E-state index in [1.54, 1.807) is 13.0 Å². The van der Waals surface area contributed by atoms with Crippen LogP contribution in [0.5, 0.6) is 11.5 Å². The van der Waals surface area contributed by atoms with E-state index < -0.39 is 30.4 Å². The second-order valence-corrected chi connectivity index (χ2v) is 7.73. The van der Waals surface area contributed by atoms with Crippen LogP contribution in [0.4, 0.5) is 4.79 Å². The molecule has 4 amide bonds. The highest BCUT2D eigenvalue weighted by Gasteiger charge is 2.40. The number of amides is 4. The van der Waals surface area contributed by atoms with Gasteiger partial charge in [0, 0.05) is 6.04 Å². The van der Waals surface area contributed by atoms with Crippen molar-refractivity contribution in [3.05, 3.63) is 27.7 Å². The van der Waals surface area contributed by atoms with Gasteiger partial charge in [0.2, 0.25) is 0 Å². The highest BCUT2D eigenvalue weighted by atomic mass is 79.9. The summed E-state index contributed by atoms with van der Waals surface area (Å²) in [5.41, 5.74) is 0.294. The van der Waals surface area contributed by atoms with Crippen molar-refractivity contribution in [2.45, 2.75) is 38.6 Å². The second-order valence-electron chi connectivity index (χ2n) is 6.88. The van der Waals surface area contributed by atoms with Crippen LogP contribution in [0.3, 0.4) is 0 Å². The third-order valence-corrected chi connectivity index (χ3v) is 5.39. The molecule has 160 valence electrons. The van der Waals surface area contributed by atoms with E-state index in [9.17, 15) is 19.2 Å². The normalized spacial score (nSPS) is 18.7. The summed E-state index contributed by atoms with van der Waals surface area (Å²) in [6.45, 7) is 1.49. The molecule has 2 N–H and O–H groups in total. The fraction of sp³-hybridized carbons (Fsp3) is 0.400. The molecule has 0 aromatic heterocycles. The number of rotatable bonds is 7. The molecule has 1 aromatic rings. The van der Waals surface area contributed by atoms with Crippen LogP contribution in [-0.2, 0) is 14.4 Å². The lowest BCUT2D eigenvalue weighted by molar-refractivity contribution is -0.139. The zero-order valence-electron chi connectivity index (χ0n) is 16.3. The maximum Gasteiger partial charge on any atom is 0.341 e. The van der Waals surface area contributed by atoms with Crippen molar-refractivity contribution in [3.8, 4) is 11.5 Å². The number of hydrogen-bond donors (Lipinski definition) is 2. The molecule has 10 heteroatoms. The van der Waals surface area contributed by atoms with E-state index in [1.165, 1.54) is 12.1 Å². The molecule has 1 aromatic carbocycles. The van der Waals surface area contributed by atoms with Crippen LogP contribution < -0.4 is 14.8 Å². The molecule has 0 spiro atoms. The first-order valence-corrected chi connectivity index (χ1v) is 10.3. The zero-order chi connectivity index (χ0) is 21.8. The number of nitrogens with one attached hydrogen (secondary N) is 1. The van der Waals surface area contributed by atoms with Gasteiger partial charge in [0.25, 0.3) is 11.8 Å². The van der Waals surface area contributed by atoms with Crippen LogP contribution >= 0.6 is 15.9 Å². The molecule has 9 nitrogen and oxygen atoms in total. The number of nitrogens with zero attached hydrogens (tertiary/aromatic N) is 1. The summed E-state index contributed by atoms with van der Waals surface area (Å²) < 4.78 is 11.2. The summed E-state index contributed by atoms with van der Waals surface area (Å²) in [5, 5.41) is 11.1. The number of carbonyl (C=O) groups is 4. The molecule has 0 atom stereocenters. The molecular weight excluding hydrogens is 460 g/mol. The van der Waals surface area contributed by atoms with Gasteiger partial charge < -0.3 is 14.6 Å². The molecule has 1 heterocycles. The van der Waals surface area contributed by atoms with E-state index >= 15 is 0 Å². The molecule has 1 saturated heterocycles. The number of imide groups is 2. The Labute approximate surface area is 181 Å². The van der Waals surface area contributed by atoms with Gasteiger partial charge in [-0.2, -0.15) is 0 Å². The Hall–Kier alpha value is -2.88. The van der Waals surface area contributed by atoms with E-state index in [-0.39, 0.29) is 23.1 Å². The lowest BCUT2D eigenvalue weighted by Gasteiger charge is -2.31. The van der Waals surface area contributed by atoms with Gasteiger partial charge in [0.1, 0.15) is 5.57 Å². The molecule has 0 unspecified atom stereocenters. The maximum atomic E-state index is 12.9. The first-order valence-electron chi connectivity index (χ1n) is 9.53. The summed E-state index contributed by atoms with van der Waals surface area (Å²) in [5.74, 6) is -2.08. The van der Waals surface area contributed by atoms with Crippen molar-refractivity contribution in [1.29, 1.82) is 0 Å². The number of aliphatic carboxylic acids is 1. The molecule has 3 rings (SSSR count). The molecule has 1 aliphatic carbocycles. The van der Waals surface area contributed by atoms with Crippen molar-refractivity contribution in [2.75, 3.05) is 13.2 Å². The number of urea groups is 1. The summed E-state index contributed by atoms with van der Waals surface area (Å²) in [6.07, 6.45) is 4.67. The quantitative estimate of drug-likeness (QED) is 0.454. The average molecular weight is 481 g/mol. The number of benzene rings is 1.